The van der Waals surface area contributed by atoms with Crippen LogP contribution in [0, 0.1) is 0 Å². The summed E-state index contributed by atoms with van der Waals surface area (Å²) in [4.78, 5) is 11.9. The second-order valence-corrected chi connectivity index (χ2v) is 3.41. The van der Waals surface area contributed by atoms with Gasteiger partial charge in [-0.3, -0.25) is 0 Å². The van der Waals surface area contributed by atoms with Crippen LogP contribution >= 0.6 is 0 Å². The molecule has 0 radical (unpaired) electrons. The molecule has 0 saturated carbocycles. The molecule has 0 fully saturated rings. The SMILES string of the molecule is CC(CO)N(Cc1ccccc1)C(=O)[O-]. The molecule has 82 valence electrons. The lowest BCUT2D eigenvalue weighted by molar-refractivity contribution is -0.269. The van der Waals surface area contributed by atoms with Crippen LogP contribution in [0.15, 0.2) is 30.3 Å². The highest BCUT2D eigenvalue weighted by Gasteiger charge is 2.12. The molecule has 4 heteroatoms. The fourth-order valence-electron chi connectivity index (χ4n) is 1.28. The van der Waals surface area contributed by atoms with Crippen LogP contribution in [-0.4, -0.2) is 28.7 Å². The number of hydrogen-bond acceptors (Lipinski definition) is 3. The Labute approximate surface area is 88.8 Å². The lowest BCUT2D eigenvalue weighted by Crippen LogP contribution is -2.47. The Hall–Kier alpha value is -1.55. The summed E-state index contributed by atoms with van der Waals surface area (Å²) < 4.78 is 0. The van der Waals surface area contributed by atoms with E-state index in [9.17, 15) is 9.90 Å². The van der Waals surface area contributed by atoms with Gasteiger partial charge in [0.25, 0.3) is 0 Å². The molecule has 1 rings (SSSR count). The van der Waals surface area contributed by atoms with E-state index < -0.39 is 12.1 Å². The maximum atomic E-state index is 10.8. The van der Waals surface area contributed by atoms with Gasteiger partial charge in [-0.05, 0) is 12.5 Å². The number of carbonyl (C=O) groups excluding carboxylic acids is 1. The van der Waals surface area contributed by atoms with Gasteiger partial charge in [0.15, 0.2) is 0 Å². The van der Waals surface area contributed by atoms with Gasteiger partial charge in [0.2, 0.25) is 0 Å². The first-order chi connectivity index (χ1) is 7.15. The minimum Gasteiger partial charge on any atom is -0.530 e. The van der Waals surface area contributed by atoms with Crippen LogP contribution in [0.2, 0.25) is 0 Å². The van der Waals surface area contributed by atoms with Gasteiger partial charge in [0, 0.05) is 6.54 Å². The highest BCUT2D eigenvalue weighted by Crippen LogP contribution is 2.07. The molecular weight excluding hydrogens is 194 g/mol. The summed E-state index contributed by atoms with van der Waals surface area (Å²) in [7, 11) is 0. The molecule has 1 atom stereocenters. The Kier molecular flexibility index (Phi) is 4.12. The van der Waals surface area contributed by atoms with E-state index in [4.69, 9.17) is 5.11 Å². The van der Waals surface area contributed by atoms with E-state index >= 15 is 0 Å². The first-order valence-electron chi connectivity index (χ1n) is 4.77. The molecule has 1 unspecified atom stereocenters. The number of aliphatic hydroxyl groups excluding tert-OH is 1. The molecule has 0 bridgehead atoms. The van der Waals surface area contributed by atoms with Gasteiger partial charge in [-0.2, -0.15) is 0 Å². The fourth-order valence-corrected chi connectivity index (χ4v) is 1.28. The van der Waals surface area contributed by atoms with E-state index in [0.29, 0.717) is 0 Å². The molecule has 0 spiro atoms. The number of carbonyl (C=O) groups is 1. The maximum Gasteiger partial charge on any atom is 0.137 e. The monoisotopic (exact) mass is 208 g/mol. The van der Waals surface area contributed by atoms with Crippen LogP contribution in [-0.2, 0) is 6.54 Å². The van der Waals surface area contributed by atoms with Crippen molar-refractivity contribution in [3.05, 3.63) is 35.9 Å². The topological polar surface area (TPSA) is 63.6 Å². The summed E-state index contributed by atoms with van der Waals surface area (Å²) in [5, 5.41) is 19.7. The zero-order chi connectivity index (χ0) is 11.3. The summed E-state index contributed by atoms with van der Waals surface area (Å²) in [6.45, 7) is 1.67. The molecule has 1 N–H and O–H groups in total. The van der Waals surface area contributed by atoms with Gasteiger partial charge in [-0.1, -0.05) is 30.3 Å². The van der Waals surface area contributed by atoms with Crippen LogP contribution in [0.5, 0.6) is 0 Å². The Morgan fingerprint density at radius 2 is 2.07 bits per heavy atom. The minimum absolute atomic E-state index is 0.208. The van der Waals surface area contributed by atoms with Crippen molar-refractivity contribution in [1.29, 1.82) is 0 Å². The van der Waals surface area contributed by atoms with Crippen molar-refractivity contribution < 1.29 is 15.0 Å². The van der Waals surface area contributed by atoms with E-state index in [-0.39, 0.29) is 13.2 Å². The number of carboxylic acid groups (broad SMARTS) is 1. The van der Waals surface area contributed by atoms with Gasteiger partial charge in [-0.15, -0.1) is 0 Å². The highest BCUT2D eigenvalue weighted by atomic mass is 16.4. The Bertz CT molecular complexity index is 313. The highest BCUT2D eigenvalue weighted by molar-refractivity contribution is 5.63. The van der Waals surface area contributed by atoms with Crippen LogP contribution in [0.4, 0.5) is 4.79 Å². The maximum absolute atomic E-state index is 10.8. The largest absolute Gasteiger partial charge is 0.530 e. The summed E-state index contributed by atoms with van der Waals surface area (Å²) >= 11 is 0. The van der Waals surface area contributed by atoms with Gasteiger partial charge in [0.1, 0.15) is 6.09 Å². The predicted molar refractivity (Wildman–Crippen MR) is 53.9 cm³/mol. The number of amides is 1. The molecule has 1 amide bonds. The summed E-state index contributed by atoms with van der Waals surface area (Å²) in [5.41, 5.74) is 0.877. The van der Waals surface area contributed by atoms with E-state index in [1.807, 2.05) is 30.3 Å². The van der Waals surface area contributed by atoms with Crippen LogP contribution < -0.4 is 5.11 Å². The Morgan fingerprint density at radius 1 is 1.47 bits per heavy atom. The summed E-state index contributed by atoms with van der Waals surface area (Å²) in [5.74, 6) is 0. The van der Waals surface area contributed by atoms with Crippen LogP contribution in [0.25, 0.3) is 0 Å². The van der Waals surface area contributed by atoms with E-state index in [2.05, 4.69) is 0 Å². The normalized spacial score (nSPS) is 12.1. The molecule has 0 aliphatic rings. The molecule has 0 heterocycles. The van der Waals surface area contributed by atoms with Crippen molar-refractivity contribution in [3.8, 4) is 0 Å². The molecule has 4 nitrogen and oxygen atoms in total. The average molecular weight is 208 g/mol. The second kappa shape index (κ2) is 5.36. The van der Waals surface area contributed by atoms with Crippen molar-refractivity contribution in [1.82, 2.24) is 4.90 Å². The number of hydrogen-bond donors (Lipinski definition) is 1. The third kappa shape index (κ3) is 3.25. The van der Waals surface area contributed by atoms with Crippen molar-refractivity contribution in [2.24, 2.45) is 0 Å². The third-order valence-electron chi connectivity index (χ3n) is 2.23. The lowest BCUT2D eigenvalue weighted by Gasteiger charge is -2.30. The minimum atomic E-state index is -1.26. The van der Waals surface area contributed by atoms with Crippen LogP contribution in [0.1, 0.15) is 12.5 Å². The fraction of sp³-hybridized carbons (Fsp3) is 0.364. The molecular formula is C11H14NO3-. The Balaban J connectivity index is 2.71. The zero-order valence-corrected chi connectivity index (χ0v) is 8.59. The number of rotatable bonds is 4. The molecule has 1 aromatic rings. The van der Waals surface area contributed by atoms with Crippen LogP contribution in [0.3, 0.4) is 0 Å². The number of nitrogens with zero attached hydrogens (tertiary/aromatic N) is 1. The summed E-state index contributed by atoms with van der Waals surface area (Å²) in [6.07, 6.45) is -1.26. The quantitative estimate of drug-likeness (QED) is 0.769. The Morgan fingerprint density at radius 3 is 2.53 bits per heavy atom. The molecule has 0 aromatic heterocycles. The number of aliphatic hydroxyl groups is 1. The van der Waals surface area contributed by atoms with Gasteiger partial charge in [-0.25, -0.2) is 0 Å². The van der Waals surface area contributed by atoms with Gasteiger partial charge >= 0.3 is 0 Å². The van der Waals surface area contributed by atoms with E-state index in [0.717, 1.165) is 10.5 Å². The third-order valence-corrected chi connectivity index (χ3v) is 2.23. The molecule has 15 heavy (non-hydrogen) atoms. The standard InChI is InChI=1S/C11H15NO3/c1-9(8-13)12(11(14)15)7-10-5-3-2-4-6-10/h2-6,9,13H,7-8H2,1H3,(H,14,15)/p-1. The van der Waals surface area contributed by atoms with E-state index in [1.165, 1.54) is 0 Å². The van der Waals surface area contributed by atoms with Crippen molar-refractivity contribution in [3.63, 3.8) is 0 Å². The van der Waals surface area contributed by atoms with Crippen molar-refractivity contribution >= 4 is 6.09 Å². The average Bonchev–Trinajstić information content (AvgIpc) is 2.26. The lowest BCUT2D eigenvalue weighted by atomic mass is 10.2. The number of benzene rings is 1. The second-order valence-electron chi connectivity index (χ2n) is 3.41. The molecule has 0 saturated heterocycles. The smallest absolute Gasteiger partial charge is 0.137 e. The summed E-state index contributed by atoms with van der Waals surface area (Å²) in [6, 6.07) is 8.76. The van der Waals surface area contributed by atoms with Gasteiger partial charge < -0.3 is 19.9 Å². The zero-order valence-electron chi connectivity index (χ0n) is 8.59. The molecule has 0 aliphatic carbocycles. The molecule has 0 aliphatic heterocycles. The predicted octanol–water partition coefficient (Wildman–Crippen LogP) is 0.213. The first kappa shape index (κ1) is 11.5. The van der Waals surface area contributed by atoms with Crippen molar-refractivity contribution in [2.45, 2.75) is 19.5 Å². The van der Waals surface area contributed by atoms with Crippen molar-refractivity contribution in [2.75, 3.05) is 6.61 Å². The van der Waals surface area contributed by atoms with Gasteiger partial charge in [0.05, 0.1) is 12.6 Å². The van der Waals surface area contributed by atoms with E-state index in [1.54, 1.807) is 6.92 Å². The molecule has 1 aromatic carbocycles. The first-order valence-corrected chi connectivity index (χ1v) is 4.77.